The predicted molar refractivity (Wildman–Crippen MR) is 102 cm³/mol. The minimum absolute atomic E-state index is 0.130. The first kappa shape index (κ1) is 19.3. The van der Waals surface area contributed by atoms with Gasteiger partial charge in [0.05, 0.1) is 16.1 Å². The van der Waals surface area contributed by atoms with Crippen LogP contribution in [0, 0.1) is 17.3 Å². The molecule has 7 nitrogen and oxygen atoms in total. The van der Waals surface area contributed by atoms with Crippen LogP contribution < -0.4 is 11.5 Å². The highest BCUT2D eigenvalue weighted by atomic mass is 127. The SMILES string of the molecule is NC(=O)c1cc([N+](=O)[O-])ccc1I.NC(=O)c1ccccc1I. The first-order valence-corrected chi connectivity index (χ1v) is 8.18. The molecular formula is C14H11I2N3O4. The van der Waals surface area contributed by atoms with E-state index in [2.05, 4.69) is 22.6 Å². The molecule has 0 fully saturated rings. The lowest BCUT2D eigenvalue weighted by atomic mass is 10.2. The molecule has 0 aliphatic rings. The predicted octanol–water partition coefficient (Wildman–Crippen LogP) is 2.69. The number of hydrogen-bond acceptors (Lipinski definition) is 4. The molecule has 0 heterocycles. The molecule has 2 rings (SSSR count). The molecule has 120 valence electrons. The van der Waals surface area contributed by atoms with E-state index in [0.717, 1.165) is 3.57 Å². The van der Waals surface area contributed by atoms with Crippen LogP contribution in [-0.4, -0.2) is 16.7 Å². The Hall–Kier alpha value is -1.76. The summed E-state index contributed by atoms with van der Waals surface area (Å²) in [4.78, 5) is 31.2. The van der Waals surface area contributed by atoms with Gasteiger partial charge in [-0.15, -0.1) is 0 Å². The molecule has 2 amide bonds. The Morgan fingerprint density at radius 1 is 0.913 bits per heavy atom. The molecule has 4 N–H and O–H groups in total. The van der Waals surface area contributed by atoms with Gasteiger partial charge >= 0.3 is 0 Å². The number of halogens is 2. The number of carbonyl (C=O) groups is 2. The summed E-state index contributed by atoms with van der Waals surface area (Å²) in [7, 11) is 0. The Labute approximate surface area is 158 Å². The van der Waals surface area contributed by atoms with Crippen molar-refractivity contribution in [3.63, 3.8) is 0 Å². The summed E-state index contributed by atoms with van der Waals surface area (Å²) in [5.74, 6) is -1.03. The molecule has 0 saturated heterocycles. The third-order valence-corrected chi connectivity index (χ3v) is 4.45. The first-order chi connectivity index (χ1) is 10.7. The van der Waals surface area contributed by atoms with Crippen LogP contribution in [-0.2, 0) is 0 Å². The lowest BCUT2D eigenvalue weighted by Gasteiger charge is -1.98. The van der Waals surface area contributed by atoms with Gasteiger partial charge in [-0.2, -0.15) is 0 Å². The second-order valence-electron chi connectivity index (χ2n) is 4.13. The van der Waals surface area contributed by atoms with E-state index >= 15 is 0 Å². The van der Waals surface area contributed by atoms with Crippen molar-refractivity contribution < 1.29 is 14.5 Å². The molecule has 0 saturated carbocycles. The maximum atomic E-state index is 10.8. The van der Waals surface area contributed by atoms with Crippen LogP contribution in [0.2, 0.25) is 0 Å². The Kier molecular flexibility index (Phi) is 7.35. The fraction of sp³-hybridized carbons (Fsp3) is 0. The van der Waals surface area contributed by atoms with E-state index in [9.17, 15) is 19.7 Å². The molecule has 2 aromatic carbocycles. The second kappa shape index (κ2) is 8.76. The van der Waals surface area contributed by atoms with Gasteiger partial charge < -0.3 is 11.5 Å². The van der Waals surface area contributed by atoms with Crippen molar-refractivity contribution in [2.75, 3.05) is 0 Å². The topological polar surface area (TPSA) is 129 Å². The van der Waals surface area contributed by atoms with Crippen molar-refractivity contribution in [1.29, 1.82) is 0 Å². The van der Waals surface area contributed by atoms with Crippen LogP contribution in [0.25, 0.3) is 0 Å². The Balaban J connectivity index is 0.000000238. The summed E-state index contributed by atoms with van der Waals surface area (Å²) < 4.78 is 1.50. The quantitative estimate of drug-likeness (QED) is 0.353. The first-order valence-electron chi connectivity index (χ1n) is 6.02. The largest absolute Gasteiger partial charge is 0.366 e. The number of nitrogens with zero attached hydrogens (tertiary/aromatic N) is 1. The minimum Gasteiger partial charge on any atom is -0.366 e. The number of benzene rings is 2. The van der Waals surface area contributed by atoms with Crippen LogP contribution in [0.1, 0.15) is 20.7 Å². The van der Waals surface area contributed by atoms with Crippen molar-refractivity contribution >= 4 is 62.7 Å². The fourth-order valence-electron chi connectivity index (χ4n) is 1.48. The van der Waals surface area contributed by atoms with Crippen LogP contribution in [0.5, 0.6) is 0 Å². The molecule has 0 aliphatic carbocycles. The Morgan fingerprint density at radius 3 is 1.87 bits per heavy atom. The molecule has 0 radical (unpaired) electrons. The van der Waals surface area contributed by atoms with Gasteiger partial charge in [0.15, 0.2) is 0 Å². The molecule has 0 aliphatic heterocycles. The van der Waals surface area contributed by atoms with Crippen LogP contribution >= 0.6 is 45.2 Å². The van der Waals surface area contributed by atoms with Gasteiger partial charge in [-0.3, -0.25) is 19.7 Å². The van der Waals surface area contributed by atoms with E-state index in [4.69, 9.17) is 11.5 Å². The molecule has 0 atom stereocenters. The molecular weight excluding hydrogens is 528 g/mol. The number of rotatable bonds is 3. The number of amides is 2. The van der Waals surface area contributed by atoms with E-state index in [0.29, 0.717) is 9.13 Å². The third-order valence-electron chi connectivity index (χ3n) is 2.57. The van der Waals surface area contributed by atoms with Crippen LogP contribution in [0.3, 0.4) is 0 Å². The zero-order valence-electron chi connectivity index (χ0n) is 11.5. The molecule has 9 heteroatoms. The van der Waals surface area contributed by atoms with Gasteiger partial charge in [0.1, 0.15) is 0 Å². The summed E-state index contributed by atoms with van der Waals surface area (Å²) in [6, 6.07) is 11.2. The highest BCUT2D eigenvalue weighted by Gasteiger charge is 2.12. The monoisotopic (exact) mass is 539 g/mol. The highest BCUT2D eigenvalue weighted by molar-refractivity contribution is 14.1. The highest BCUT2D eigenvalue weighted by Crippen LogP contribution is 2.18. The van der Waals surface area contributed by atoms with E-state index in [1.54, 1.807) is 12.1 Å². The van der Waals surface area contributed by atoms with Gasteiger partial charge in [0.2, 0.25) is 11.8 Å². The van der Waals surface area contributed by atoms with Crippen molar-refractivity contribution in [3.05, 3.63) is 70.8 Å². The molecule has 23 heavy (non-hydrogen) atoms. The summed E-state index contributed by atoms with van der Waals surface area (Å²) in [6.45, 7) is 0. The number of hydrogen-bond donors (Lipinski definition) is 2. The number of non-ortho nitro benzene ring substituents is 1. The van der Waals surface area contributed by atoms with E-state index in [1.165, 1.54) is 18.2 Å². The van der Waals surface area contributed by atoms with Gasteiger partial charge in [0.25, 0.3) is 5.69 Å². The van der Waals surface area contributed by atoms with Crippen LogP contribution in [0.15, 0.2) is 42.5 Å². The zero-order valence-corrected chi connectivity index (χ0v) is 15.8. The maximum absolute atomic E-state index is 10.8. The number of nitro benzene ring substituents is 1. The lowest BCUT2D eigenvalue weighted by molar-refractivity contribution is -0.384. The molecule has 2 aromatic rings. The molecule has 0 aromatic heterocycles. The van der Waals surface area contributed by atoms with Crippen LogP contribution in [0.4, 0.5) is 5.69 Å². The van der Waals surface area contributed by atoms with Gasteiger partial charge in [0, 0.05) is 19.3 Å². The standard InChI is InChI=1S/C7H5IN2O3.C7H6INO/c8-6-2-1-4(10(12)13)3-5(6)7(9)11;8-6-4-2-1-3-5(6)7(9)10/h1-3H,(H2,9,11);1-4H,(H2,9,10). The lowest BCUT2D eigenvalue weighted by Crippen LogP contribution is -2.12. The van der Waals surface area contributed by atoms with Gasteiger partial charge in [-0.25, -0.2) is 0 Å². The average Bonchev–Trinajstić information content (AvgIpc) is 2.48. The van der Waals surface area contributed by atoms with Crippen molar-refractivity contribution in [3.8, 4) is 0 Å². The zero-order chi connectivity index (χ0) is 17.6. The summed E-state index contributed by atoms with van der Waals surface area (Å²) >= 11 is 3.97. The summed E-state index contributed by atoms with van der Waals surface area (Å²) in [6.07, 6.45) is 0. The number of carbonyl (C=O) groups excluding carboxylic acids is 2. The summed E-state index contributed by atoms with van der Waals surface area (Å²) in [5, 5.41) is 10.3. The van der Waals surface area contributed by atoms with Crippen molar-refractivity contribution in [2.24, 2.45) is 11.5 Å². The van der Waals surface area contributed by atoms with E-state index in [-0.39, 0.29) is 17.2 Å². The van der Waals surface area contributed by atoms with Crippen molar-refractivity contribution in [2.45, 2.75) is 0 Å². The molecule has 0 bridgehead atoms. The average molecular weight is 539 g/mol. The Bertz CT molecular complexity index is 765. The van der Waals surface area contributed by atoms with Gasteiger partial charge in [-0.1, -0.05) is 12.1 Å². The normalized spacial score (nSPS) is 9.48. The number of nitrogens with two attached hydrogens (primary N) is 2. The number of primary amides is 2. The smallest absolute Gasteiger partial charge is 0.270 e. The molecule has 0 unspecified atom stereocenters. The third kappa shape index (κ3) is 5.74. The maximum Gasteiger partial charge on any atom is 0.270 e. The molecule has 0 spiro atoms. The Morgan fingerprint density at radius 2 is 1.43 bits per heavy atom. The van der Waals surface area contributed by atoms with E-state index in [1.807, 2.05) is 34.7 Å². The fourth-order valence-corrected chi connectivity index (χ4v) is 2.73. The van der Waals surface area contributed by atoms with Crippen molar-refractivity contribution in [1.82, 2.24) is 0 Å². The van der Waals surface area contributed by atoms with E-state index < -0.39 is 10.8 Å². The number of nitro groups is 1. The second-order valence-corrected chi connectivity index (χ2v) is 6.45. The van der Waals surface area contributed by atoms with Gasteiger partial charge in [-0.05, 0) is 63.4 Å². The summed E-state index contributed by atoms with van der Waals surface area (Å²) in [5.41, 5.74) is 10.7. The minimum atomic E-state index is -0.659.